The molecule has 0 aliphatic carbocycles. The van der Waals surface area contributed by atoms with E-state index in [4.69, 9.17) is 27.7 Å². The van der Waals surface area contributed by atoms with E-state index in [9.17, 15) is 17.8 Å². The maximum atomic E-state index is 10.1. The van der Waals surface area contributed by atoms with E-state index in [1.54, 1.807) is 0 Å². The van der Waals surface area contributed by atoms with E-state index in [0.29, 0.717) is 0 Å². The number of benzene rings is 10. The Bertz CT molecular complexity index is 4850. The monoisotopic (exact) mass is 676 g/mol. The smallest absolute Gasteiger partial charge is 0.136 e. The fraction of sp³-hybridized carbons (Fsp3) is 0. The molecule has 0 saturated carbocycles. The van der Waals surface area contributed by atoms with Crippen LogP contribution < -0.4 is 0 Å². The topological polar surface area (TPSA) is 13.1 Å². The zero-order chi connectivity index (χ0) is 59.6. The standard InChI is InChI=1S/C50H30O/c1-2-14-34-29-36(22-21-31(34)11-1)47-40-17-7-9-19-42(40)50(43-20-10-8-18-41(43)47)49-38-16-6-4-12-32(38)23-26-39(49)35-25-27-45-44(30-35)48-37-15-5-3-13-33(37)24-28-46(48)51-45/h1-30H/i1D,2D,3D,4D,5D,6D,7D,8D,9D,10D,11D,12D,13D,14D,15D,16D,17D,18D,19D,20D,21D,22D,23D,24D,25D,26D,27D,28D,29D,30D. The molecule has 0 aliphatic heterocycles. The molecular weight excluding hydrogens is 617 g/mol. The number of furan rings is 1. The van der Waals surface area contributed by atoms with Gasteiger partial charge in [0.2, 0.25) is 0 Å². The Kier molecular flexibility index (Phi) is 2.50. The summed E-state index contributed by atoms with van der Waals surface area (Å²) in [5, 5.41) is -8.37. The highest BCUT2D eigenvalue weighted by molar-refractivity contribution is 6.26. The molecule has 11 aromatic rings. The van der Waals surface area contributed by atoms with E-state index in [-0.39, 0.29) is 0 Å². The van der Waals surface area contributed by atoms with Crippen LogP contribution in [-0.4, -0.2) is 0 Å². The van der Waals surface area contributed by atoms with Crippen LogP contribution in [0.15, 0.2) is 186 Å². The van der Waals surface area contributed by atoms with Crippen molar-refractivity contribution in [3.8, 4) is 33.4 Å². The van der Waals surface area contributed by atoms with Gasteiger partial charge in [0.25, 0.3) is 0 Å². The number of rotatable bonds is 3. The first-order chi connectivity index (χ1) is 37.8. The summed E-state index contributed by atoms with van der Waals surface area (Å²) in [5.74, 6) is 0. The van der Waals surface area contributed by atoms with E-state index in [0.717, 1.165) is 0 Å². The Morgan fingerprint density at radius 1 is 0.314 bits per heavy atom. The van der Waals surface area contributed by atoms with Crippen LogP contribution in [0.25, 0.3) is 109 Å². The Hall–Kier alpha value is -6.70. The van der Waals surface area contributed by atoms with Gasteiger partial charge in [0.15, 0.2) is 0 Å². The molecule has 0 spiro atoms. The summed E-state index contributed by atoms with van der Waals surface area (Å²) in [6.45, 7) is 0. The Balaban J connectivity index is 1.51. The zero-order valence-electron chi connectivity index (χ0n) is 55.4. The highest BCUT2D eigenvalue weighted by Crippen LogP contribution is 2.49. The zero-order valence-corrected chi connectivity index (χ0v) is 25.4. The molecule has 0 atom stereocenters. The first-order valence-corrected chi connectivity index (χ1v) is 15.2. The molecule has 1 aromatic heterocycles. The second-order valence-corrected chi connectivity index (χ2v) is 11.3. The minimum absolute atomic E-state index is 0.468. The summed E-state index contributed by atoms with van der Waals surface area (Å²) in [7, 11) is 0. The van der Waals surface area contributed by atoms with Gasteiger partial charge in [0, 0.05) is 10.8 Å². The fourth-order valence-corrected chi connectivity index (χ4v) is 6.45. The van der Waals surface area contributed by atoms with Gasteiger partial charge in [-0.1, -0.05) is 157 Å². The van der Waals surface area contributed by atoms with Crippen molar-refractivity contribution in [2.75, 3.05) is 0 Å². The van der Waals surface area contributed by atoms with Crippen molar-refractivity contribution in [1.82, 2.24) is 0 Å². The fourth-order valence-electron chi connectivity index (χ4n) is 6.45. The van der Waals surface area contributed by atoms with Gasteiger partial charge < -0.3 is 4.42 Å². The highest BCUT2D eigenvalue weighted by atomic mass is 16.3. The van der Waals surface area contributed by atoms with Crippen molar-refractivity contribution in [2.24, 2.45) is 0 Å². The van der Waals surface area contributed by atoms with Gasteiger partial charge in [0.1, 0.15) is 11.2 Å². The minimum atomic E-state index is -1.13. The van der Waals surface area contributed by atoms with Gasteiger partial charge >= 0.3 is 0 Å². The summed E-state index contributed by atoms with van der Waals surface area (Å²) in [6.07, 6.45) is 0. The summed E-state index contributed by atoms with van der Waals surface area (Å²) in [6, 6.07) is -29.2. The molecule has 0 saturated heterocycles. The maximum absolute atomic E-state index is 10.1. The van der Waals surface area contributed by atoms with Gasteiger partial charge in [-0.15, -0.1) is 0 Å². The van der Waals surface area contributed by atoms with Crippen molar-refractivity contribution >= 4 is 75.8 Å². The third kappa shape index (κ3) is 4.22. The van der Waals surface area contributed by atoms with E-state index < -0.39 is 290 Å². The molecule has 0 unspecified atom stereocenters. The van der Waals surface area contributed by atoms with E-state index in [1.807, 2.05) is 0 Å². The molecule has 0 radical (unpaired) electrons. The lowest BCUT2D eigenvalue weighted by atomic mass is 9.81. The van der Waals surface area contributed by atoms with E-state index in [2.05, 4.69) is 0 Å². The third-order valence-corrected chi connectivity index (χ3v) is 8.57. The lowest BCUT2D eigenvalue weighted by Crippen LogP contribution is -1.94. The van der Waals surface area contributed by atoms with Crippen LogP contribution in [-0.2, 0) is 0 Å². The van der Waals surface area contributed by atoms with Gasteiger partial charge in [-0.25, -0.2) is 0 Å². The molecule has 236 valence electrons. The number of fused-ring (bicyclic) bond motifs is 9. The van der Waals surface area contributed by atoms with Crippen LogP contribution in [0.3, 0.4) is 0 Å². The summed E-state index contributed by atoms with van der Waals surface area (Å²) >= 11 is 0. The number of hydrogen-bond donors (Lipinski definition) is 0. The second-order valence-electron chi connectivity index (χ2n) is 11.3. The molecule has 1 heteroatoms. The molecular formula is C50H30O. The number of hydrogen-bond acceptors (Lipinski definition) is 1. The normalized spacial score (nSPS) is 20.2. The third-order valence-electron chi connectivity index (χ3n) is 8.57. The van der Waals surface area contributed by atoms with Crippen molar-refractivity contribution in [3.63, 3.8) is 0 Å². The molecule has 11 rings (SSSR count). The quantitative estimate of drug-likeness (QED) is 0.170. The predicted octanol–water partition coefficient (Wildman–Crippen LogP) is 14.4. The molecule has 0 bridgehead atoms. The van der Waals surface area contributed by atoms with Crippen molar-refractivity contribution in [3.05, 3.63) is 181 Å². The average molecular weight is 677 g/mol. The lowest BCUT2D eigenvalue weighted by molar-refractivity contribution is 0.669. The first kappa shape index (κ1) is 11.7. The van der Waals surface area contributed by atoms with Crippen LogP contribution in [0.5, 0.6) is 0 Å². The molecule has 1 heterocycles. The minimum Gasteiger partial charge on any atom is -0.456 e. The van der Waals surface area contributed by atoms with Crippen molar-refractivity contribution < 1.29 is 45.5 Å². The summed E-state index contributed by atoms with van der Waals surface area (Å²) in [4.78, 5) is 0. The van der Waals surface area contributed by atoms with Crippen LogP contribution >= 0.6 is 0 Å². The largest absolute Gasteiger partial charge is 0.456 e. The Morgan fingerprint density at radius 3 is 1.55 bits per heavy atom. The lowest BCUT2D eigenvalue weighted by Gasteiger charge is -2.21. The molecule has 10 aromatic carbocycles. The average Bonchev–Trinajstić information content (AvgIpc) is 4.06. The van der Waals surface area contributed by atoms with Crippen LogP contribution in [0.1, 0.15) is 41.1 Å². The maximum Gasteiger partial charge on any atom is 0.136 e. The molecule has 0 aliphatic rings. The predicted molar refractivity (Wildman–Crippen MR) is 218 cm³/mol. The van der Waals surface area contributed by atoms with Gasteiger partial charge in [-0.05, 0) is 111 Å². The Labute approximate surface area is 336 Å². The van der Waals surface area contributed by atoms with Crippen LogP contribution in [0, 0.1) is 0 Å². The van der Waals surface area contributed by atoms with Crippen LogP contribution in [0.4, 0.5) is 0 Å². The van der Waals surface area contributed by atoms with E-state index in [1.165, 1.54) is 0 Å². The summed E-state index contributed by atoms with van der Waals surface area (Å²) in [5.41, 5.74) is -6.50. The molecule has 0 fully saturated rings. The first-order valence-electron chi connectivity index (χ1n) is 30.2. The van der Waals surface area contributed by atoms with Crippen molar-refractivity contribution in [1.29, 1.82) is 0 Å². The van der Waals surface area contributed by atoms with Crippen molar-refractivity contribution in [2.45, 2.75) is 0 Å². The highest BCUT2D eigenvalue weighted by Gasteiger charge is 2.22. The van der Waals surface area contributed by atoms with Gasteiger partial charge in [-0.3, -0.25) is 0 Å². The summed E-state index contributed by atoms with van der Waals surface area (Å²) < 4.78 is 281. The van der Waals surface area contributed by atoms with Gasteiger partial charge in [-0.2, -0.15) is 0 Å². The second kappa shape index (κ2) is 10.9. The molecule has 0 N–H and O–H groups in total. The van der Waals surface area contributed by atoms with Gasteiger partial charge in [0.05, 0.1) is 41.1 Å². The van der Waals surface area contributed by atoms with Crippen LogP contribution in [0.2, 0.25) is 0 Å². The Morgan fingerprint density at radius 2 is 0.824 bits per heavy atom. The molecule has 0 amide bonds. The molecule has 1 nitrogen and oxygen atoms in total. The molecule has 51 heavy (non-hydrogen) atoms. The van der Waals surface area contributed by atoms with E-state index >= 15 is 0 Å². The SMILES string of the molecule is [2H]c1c(-c2c([2H])c([2H])c3c([2H])c([2H])c([2H])c([2H])c3c2-c2c3c([2H])c([2H])c([2H])c([2H])c3c(-c3c([2H])c([2H])c4c([2H])c([2H])c([2H])c([2H])c4c3[2H])c3c([2H])c([2H])c([2H])c([2H])c23)c([2H])c2c(oc3c([2H])c([2H])c4c([2H])c([2H])c([2H])c([2H])c4c32)c1[2H].